The third-order valence-electron chi connectivity index (χ3n) is 2.26. The van der Waals surface area contributed by atoms with Crippen molar-refractivity contribution >= 4 is 0 Å². The van der Waals surface area contributed by atoms with E-state index in [0.29, 0.717) is 0 Å². The molecule has 0 spiro atoms. The normalized spacial score (nSPS) is 9.75. The summed E-state index contributed by atoms with van der Waals surface area (Å²) in [6.07, 6.45) is 2.43. The van der Waals surface area contributed by atoms with Crippen molar-refractivity contribution in [3.8, 4) is 11.8 Å². The summed E-state index contributed by atoms with van der Waals surface area (Å²) in [5.41, 5.74) is 1.24. The number of hydrogen-bond donors (Lipinski definition) is 1. The van der Waals surface area contributed by atoms with Crippen molar-refractivity contribution in [3.05, 3.63) is 29.8 Å². The molecule has 0 fully saturated rings. The molecule has 16 heavy (non-hydrogen) atoms. The Kier molecular flexibility index (Phi) is 6.05. The van der Waals surface area contributed by atoms with Crippen molar-refractivity contribution in [1.29, 1.82) is 5.26 Å². The van der Waals surface area contributed by atoms with Gasteiger partial charge >= 0.3 is 0 Å². The summed E-state index contributed by atoms with van der Waals surface area (Å²) >= 11 is 0. The third kappa shape index (κ3) is 4.81. The maximum atomic E-state index is 8.36. The average molecular weight is 218 g/mol. The molecule has 1 N–H and O–H groups in total. The van der Waals surface area contributed by atoms with Crippen LogP contribution >= 0.6 is 0 Å². The van der Waals surface area contributed by atoms with Crippen LogP contribution in [0.4, 0.5) is 0 Å². The molecular weight excluding hydrogens is 200 g/mol. The van der Waals surface area contributed by atoms with E-state index in [1.165, 1.54) is 18.4 Å². The minimum atomic E-state index is 0.105. The molecule has 0 heterocycles. The molecule has 0 atom stereocenters. The van der Waals surface area contributed by atoms with Crippen molar-refractivity contribution in [2.75, 3.05) is 13.2 Å². The number of nitriles is 1. The Labute approximate surface area is 97.0 Å². The highest BCUT2D eigenvalue weighted by atomic mass is 16.5. The van der Waals surface area contributed by atoms with Gasteiger partial charge < -0.3 is 10.1 Å². The Morgan fingerprint density at radius 2 is 2.06 bits per heavy atom. The molecule has 1 rings (SSSR count). The lowest BCUT2D eigenvalue weighted by Crippen LogP contribution is -2.14. The highest BCUT2D eigenvalue weighted by Crippen LogP contribution is 2.11. The van der Waals surface area contributed by atoms with Gasteiger partial charge in [0, 0.05) is 6.54 Å². The highest BCUT2D eigenvalue weighted by molar-refractivity contribution is 5.27. The first-order valence-electron chi connectivity index (χ1n) is 5.66. The van der Waals surface area contributed by atoms with Gasteiger partial charge in [-0.15, -0.1) is 0 Å². The minimum Gasteiger partial charge on any atom is -0.479 e. The van der Waals surface area contributed by atoms with Crippen LogP contribution < -0.4 is 10.1 Å². The molecule has 3 heteroatoms. The molecule has 1 aromatic carbocycles. The predicted octanol–water partition coefficient (Wildman–Crippen LogP) is 2.48. The number of ether oxygens (including phenoxy) is 1. The van der Waals surface area contributed by atoms with E-state index in [4.69, 9.17) is 10.00 Å². The fraction of sp³-hybridized carbons (Fsp3) is 0.462. The van der Waals surface area contributed by atoms with E-state index in [9.17, 15) is 0 Å². The van der Waals surface area contributed by atoms with E-state index in [2.05, 4.69) is 12.2 Å². The maximum absolute atomic E-state index is 8.36. The summed E-state index contributed by atoms with van der Waals surface area (Å²) in [4.78, 5) is 0. The van der Waals surface area contributed by atoms with Gasteiger partial charge in [0.15, 0.2) is 6.61 Å². The van der Waals surface area contributed by atoms with Crippen LogP contribution in [0.3, 0.4) is 0 Å². The van der Waals surface area contributed by atoms with Gasteiger partial charge in [0.05, 0.1) is 0 Å². The van der Waals surface area contributed by atoms with Gasteiger partial charge in [-0.2, -0.15) is 5.26 Å². The third-order valence-corrected chi connectivity index (χ3v) is 2.26. The zero-order chi connectivity index (χ0) is 11.6. The lowest BCUT2D eigenvalue weighted by molar-refractivity contribution is 0.368. The minimum absolute atomic E-state index is 0.105. The number of nitrogens with zero attached hydrogens (tertiary/aromatic N) is 1. The van der Waals surface area contributed by atoms with Gasteiger partial charge in [-0.1, -0.05) is 25.5 Å². The smallest absolute Gasteiger partial charge is 0.174 e. The van der Waals surface area contributed by atoms with Crippen LogP contribution in [-0.4, -0.2) is 13.2 Å². The van der Waals surface area contributed by atoms with Crippen LogP contribution in [0.2, 0.25) is 0 Å². The first-order valence-corrected chi connectivity index (χ1v) is 5.66. The fourth-order valence-electron chi connectivity index (χ4n) is 1.35. The van der Waals surface area contributed by atoms with E-state index < -0.39 is 0 Å². The Hall–Kier alpha value is -1.53. The summed E-state index contributed by atoms with van der Waals surface area (Å²) in [6, 6.07) is 9.78. The number of rotatable bonds is 7. The molecule has 0 radical (unpaired) electrons. The second kappa shape index (κ2) is 7.72. The van der Waals surface area contributed by atoms with Gasteiger partial charge in [-0.3, -0.25) is 0 Å². The summed E-state index contributed by atoms with van der Waals surface area (Å²) in [6.45, 7) is 4.23. The number of nitrogens with one attached hydrogen (secondary N) is 1. The summed E-state index contributed by atoms with van der Waals surface area (Å²) in [5.74, 6) is 0.749. The molecule has 3 nitrogen and oxygen atoms in total. The van der Waals surface area contributed by atoms with Crippen LogP contribution in [0.5, 0.6) is 5.75 Å². The molecule has 0 saturated carbocycles. The molecule has 86 valence electrons. The van der Waals surface area contributed by atoms with Crippen LogP contribution in [0.15, 0.2) is 24.3 Å². The molecule has 0 bridgehead atoms. The standard InChI is InChI=1S/C13H18N2O/c1-2-3-9-15-11-12-4-6-13(7-5-12)16-10-8-14/h4-7,15H,2-3,9-11H2,1H3. The van der Waals surface area contributed by atoms with E-state index in [1.54, 1.807) is 0 Å². The molecule has 0 aromatic heterocycles. The largest absolute Gasteiger partial charge is 0.479 e. The molecular formula is C13H18N2O. The van der Waals surface area contributed by atoms with Gasteiger partial charge in [-0.25, -0.2) is 0 Å². The highest BCUT2D eigenvalue weighted by Gasteiger charge is 1.95. The Morgan fingerprint density at radius 3 is 2.69 bits per heavy atom. The van der Waals surface area contributed by atoms with Crippen molar-refractivity contribution in [3.63, 3.8) is 0 Å². The van der Waals surface area contributed by atoms with E-state index in [1.807, 2.05) is 30.3 Å². The van der Waals surface area contributed by atoms with Crippen LogP contribution in [0.25, 0.3) is 0 Å². The van der Waals surface area contributed by atoms with Gasteiger partial charge in [0.2, 0.25) is 0 Å². The van der Waals surface area contributed by atoms with Gasteiger partial charge in [0.25, 0.3) is 0 Å². The molecule has 0 aliphatic rings. The number of hydrogen-bond acceptors (Lipinski definition) is 3. The van der Waals surface area contributed by atoms with Crippen molar-refractivity contribution in [1.82, 2.24) is 5.32 Å². The Morgan fingerprint density at radius 1 is 1.31 bits per heavy atom. The monoisotopic (exact) mass is 218 g/mol. The number of unbranched alkanes of at least 4 members (excludes halogenated alkanes) is 1. The first-order chi connectivity index (χ1) is 7.86. The van der Waals surface area contributed by atoms with Crippen LogP contribution in [0, 0.1) is 11.3 Å². The zero-order valence-electron chi connectivity index (χ0n) is 9.70. The first kappa shape index (κ1) is 12.5. The zero-order valence-corrected chi connectivity index (χ0v) is 9.70. The van der Waals surface area contributed by atoms with E-state index >= 15 is 0 Å². The van der Waals surface area contributed by atoms with Crippen LogP contribution in [0.1, 0.15) is 25.3 Å². The Bertz CT molecular complexity index is 327. The van der Waals surface area contributed by atoms with Crippen molar-refractivity contribution < 1.29 is 4.74 Å². The average Bonchev–Trinajstić information content (AvgIpc) is 2.33. The van der Waals surface area contributed by atoms with Gasteiger partial charge in [-0.05, 0) is 30.7 Å². The maximum Gasteiger partial charge on any atom is 0.174 e. The molecule has 0 amide bonds. The second-order valence-electron chi connectivity index (χ2n) is 3.62. The van der Waals surface area contributed by atoms with Crippen LogP contribution in [-0.2, 0) is 6.54 Å². The Balaban J connectivity index is 2.31. The predicted molar refractivity (Wildman–Crippen MR) is 64.2 cm³/mol. The fourth-order valence-corrected chi connectivity index (χ4v) is 1.35. The lowest BCUT2D eigenvalue weighted by Gasteiger charge is -2.05. The number of benzene rings is 1. The van der Waals surface area contributed by atoms with Gasteiger partial charge in [0.1, 0.15) is 11.8 Å². The molecule has 0 unspecified atom stereocenters. The SMILES string of the molecule is CCCCNCc1ccc(OCC#N)cc1. The molecule has 0 aliphatic carbocycles. The quantitative estimate of drug-likeness (QED) is 0.715. The topological polar surface area (TPSA) is 45.0 Å². The summed E-state index contributed by atoms with van der Waals surface area (Å²) in [7, 11) is 0. The van der Waals surface area contributed by atoms with Crippen molar-refractivity contribution in [2.45, 2.75) is 26.3 Å². The lowest BCUT2D eigenvalue weighted by atomic mass is 10.2. The van der Waals surface area contributed by atoms with E-state index in [-0.39, 0.29) is 6.61 Å². The van der Waals surface area contributed by atoms with E-state index in [0.717, 1.165) is 18.8 Å². The van der Waals surface area contributed by atoms with Crippen molar-refractivity contribution in [2.24, 2.45) is 0 Å². The molecule has 1 aromatic rings. The summed E-state index contributed by atoms with van der Waals surface area (Å²) < 4.78 is 5.17. The second-order valence-corrected chi connectivity index (χ2v) is 3.62. The summed E-state index contributed by atoms with van der Waals surface area (Å²) in [5, 5.41) is 11.7. The molecule has 0 saturated heterocycles. The molecule has 0 aliphatic heterocycles.